The summed E-state index contributed by atoms with van der Waals surface area (Å²) in [6.45, 7) is 7.51. The fourth-order valence-electron chi connectivity index (χ4n) is 3.14. The van der Waals surface area contributed by atoms with E-state index >= 15 is 0 Å². The Kier molecular flexibility index (Phi) is 4.66. The van der Waals surface area contributed by atoms with Gasteiger partial charge >= 0.3 is 0 Å². The second-order valence-electron chi connectivity index (χ2n) is 6.70. The van der Waals surface area contributed by atoms with Crippen LogP contribution in [0.15, 0.2) is 12.1 Å². The molecule has 0 amide bonds. The Labute approximate surface area is 148 Å². The highest BCUT2D eigenvalue weighted by molar-refractivity contribution is 5.74. The number of methoxy groups -OCH3 is 2. The molecule has 0 spiro atoms. The quantitative estimate of drug-likeness (QED) is 0.500. The molecule has 25 heavy (non-hydrogen) atoms. The zero-order chi connectivity index (χ0) is 19.1. The summed E-state index contributed by atoms with van der Waals surface area (Å²) in [5.74, 6) is 0.813. The van der Waals surface area contributed by atoms with Gasteiger partial charge in [0.1, 0.15) is 34.4 Å². The Balaban J connectivity index is 2.85. The van der Waals surface area contributed by atoms with Gasteiger partial charge in [0.2, 0.25) is 0 Å². The van der Waals surface area contributed by atoms with Gasteiger partial charge in [0.05, 0.1) is 14.2 Å². The van der Waals surface area contributed by atoms with Crippen LogP contribution in [0.25, 0.3) is 0 Å². The average Bonchev–Trinajstić information content (AvgIpc) is 2.56. The van der Waals surface area contributed by atoms with Crippen LogP contribution in [0.1, 0.15) is 36.1 Å². The third-order valence-electron chi connectivity index (χ3n) is 4.71. The number of anilines is 2. The van der Waals surface area contributed by atoms with Gasteiger partial charge in [-0.2, -0.15) is 0 Å². The number of phenolic OH excluding ortho intramolecular Hbond substituents is 2. The van der Waals surface area contributed by atoms with E-state index in [2.05, 4.69) is 0 Å². The van der Waals surface area contributed by atoms with Crippen molar-refractivity contribution in [2.75, 3.05) is 25.7 Å². The number of nitrogens with two attached hydrogens (primary N) is 2. The third kappa shape index (κ3) is 2.77. The van der Waals surface area contributed by atoms with Gasteiger partial charge in [-0.3, -0.25) is 0 Å². The molecule has 136 valence electrons. The van der Waals surface area contributed by atoms with E-state index in [1.807, 2.05) is 26.0 Å². The molecule has 0 unspecified atom stereocenters. The minimum atomic E-state index is -0.615. The van der Waals surface area contributed by atoms with E-state index in [1.54, 1.807) is 13.8 Å². The number of ether oxygens (including phenoxy) is 2. The molecule has 0 aliphatic heterocycles. The topological polar surface area (TPSA) is 111 Å². The standard InChI is InChI=1S/C19H26N2O4/c1-9-7-11(17(24-5)13(20)15(9)22)19(3,4)12-8-10(2)16(23)14(21)18(12)25-6/h7-8,22-23H,20-21H2,1-6H3. The molecule has 0 saturated heterocycles. The summed E-state index contributed by atoms with van der Waals surface area (Å²) in [5, 5.41) is 20.2. The number of hydrogen-bond donors (Lipinski definition) is 4. The first kappa shape index (κ1) is 18.6. The number of rotatable bonds is 4. The van der Waals surface area contributed by atoms with E-state index in [-0.39, 0.29) is 22.9 Å². The molecule has 6 N–H and O–H groups in total. The Morgan fingerprint density at radius 2 is 1.12 bits per heavy atom. The van der Waals surface area contributed by atoms with E-state index in [0.29, 0.717) is 22.6 Å². The number of aryl methyl sites for hydroxylation is 2. The summed E-state index contributed by atoms with van der Waals surface area (Å²) >= 11 is 0. The molecule has 6 heteroatoms. The number of hydrogen-bond acceptors (Lipinski definition) is 6. The molecule has 0 bridgehead atoms. The van der Waals surface area contributed by atoms with E-state index in [9.17, 15) is 10.2 Å². The number of phenols is 2. The molecule has 0 aromatic heterocycles. The second kappa shape index (κ2) is 6.27. The first-order valence-electron chi connectivity index (χ1n) is 7.90. The normalized spacial score (nSPS) is 11.4. The summed E-state index contributed by atoms with van der Waals surface area (Å²) in [6, 6.07) is 3.67. The van der Waals surface area contributed by atoms with Crippen molar-refractivity contribution in [2.24, 2.45) is 0 Å². The predicted octanol–water partition coefficient (Wildman–Crippen LogP) is 3.22. The Morgan fingerprint density at radius 1 is 0.800 bits per heavy atom. The third-order valence-corrected chi connectivity index (χ3v) is 4.71. The van der Waals surface area contributed by atoms with E-state index < -0.39 is 5.41 Å². The number of aromatic hydroxyl groups is 2. The van der Waals surface area contributed by atoms with E-state index in [4.69, 9.17) is 20.9 Å². The summed E-state index contributed by atoms with van der Waals surface area (Å²) in [6.07, 6.45) is 0. The van der Waals surface area contributed by atoms with Crippen molar-refractivity contribution in [1.29, 1.82) is 0 Å². The lowest BCUT2D eigenvalue weighted by atomic mass is 9.75. The van der Waals surface area contributed by atoms with Crippen molar-refractivity contribution in [1.82, 2.24) is 0 Å². The first-order chi connectivity index (χ1) is 11.6. The van der Waals surface area contributed by atoms with Crippen LogP contribution in [-0.4, -0.2) is 24.4 Å². The highest BCUT2D eigenvalue weighted by Gasteiger charge is 2.34. The van der Waals surface area contributed by atoms with Crippen LogP contribution in [0.5, 0.6) is 23.0 Å². The number of nitrogen functional groups attached to an aromatic ring is 2. The average molecular weight is 346 g/mol. The van der Waals surface area contributed by atoms with Crippen LogP contribution < -0.4 is 20.9 Å². The maximum atomic E-state index is 10.1. The van der Waals surface area contributed by atoms with Crippen LogP contribution in [0, 0.1) is 13.8 Å². The molecule has 0 radical (unpaired) electrons. The van der Waals surface area contributed by atoms with Gasteiger partial charge in [0.15, 0.2) is 0 Å². The largest absolute Gasteiger partial charge is 0.505 e. The Morgan fingerprint density at radius 3 is 1.40 bits per heavy atom. The molecule has 2 rings (SSSR count). The molecule has 0 heterocycles. The molecule has 0 aliphatic carbocycles. The molecule has 6 nitrogen and oxygen atoms in total. The lowest BCUT2D eigenvalue weighted by molar-refractivity contribution is 0.384. The molecule has 0 aliphatic rings. The van der Waals surface area contributed by atoms with Crippen LogP contribution in [0.3, 0.4) is 0 Å². The first-order valence-corrected chi connectivity index (χ1v) is 7.90. The van der Waals surface area contributed by atoms with Gasteiger partial charge in [0, 0.05) is 16.5 Å². The van der Waals surface area contributed by atoms with E-state index in [0.717, 1.165) is 11.1 Å². The molecular formula is C19H26N2O4. The molecule has 2 aromatic carbocycles. The van der Waals surface area contributed by atoms with Crippen molar-refractivity contribution in [3.05, 3.63) is 34.4 Å². The zero-order valence-corrected chi connectivity index (χ0v) is 15.5. The second-order valence-corrected chi connectivity index (χ2v) is 6.70. The van der Waals surface area contributed by atoms with Crippen LogP contribution in [0.4, 0.5) is 11.4 Å². The Hall–Kier alpha value is -2.76. The summed E-state index contributed by atoms with van der Waals surface area (Å²) < 4.78 is 10.9. The van der Waals surface area contributed by atoms with Crippen molar-refractivity contribution in [3.8, 4) is 23.0 Å². The van der Waals surface area contributed by atoms with Crippen LogP contribution in [-0.2, 0) is 5.41 Å². The number of benzene rings is 2. The predicted molar refractivity (Wildman–Crippen MR) is 99.7 cm³/mol. The van der Waals surface area contributed by atoms with Crippen molar-refractivity contribution >= 4 is 11.4 Å². The van der Waals surface area contributed by atoms with Gasteiger partial charge < -0.3 is 31.2 Å². The molecular weight excluding hydrogens is 320 g/mol. The van der Waals surface area contributed by atoms with Crippen LogP contribution >= 0.6 is 0 Å². The Bertz CT molecular complexity index is 762. The molecule has 0 saturated carbocycles. The monoisotopic (exact) mass is 346 g/mol. The van der Waals surface area contributed by atoms with Crippen molar-refractivity contribution < 1.29 is 19.7 Å². The van der Waals surface area contributed by atoms with Crippen molar-refractivity contribution in [3.63, 3.8) is 0 Å². The highest BCUT2D eigenvalue weighted by Crippen LogP contribution is 2.49. The zero-order valence-electron chi connectivity index (χ0n) is 15.5. The smallest absolute Gasteiger partial charge is 0.149 e. The fraction of sp³-hybridized carbons (Fsp3) is 0.368. The SMILES string of the molecule is COc1c(C(C)(C)c2cc(C)c(O)c(N)c2OC)cc(C)c(O)c1N. The van der Waals surface area contributed by atoms with Gasteiger partial charge in [-0.1, -0.05) is 13.8 Å². The highest BCUT2D eigenvalue weighted by atomic mass is 16.5. The maximum Gasteiger partial charge on any atom is 0.149 e. The van der Waals surface area contributed by atoms with Crippen molar-refractivity contribution in [2.45, 2.75) is 33.1 Å². The maximum absolute atomic E-state index is 10.1. The minimum absolute atomic E-state index is 0.00441. The molecule has 2 aromatic rings. The fourth-order valence-corrected chi connectivity index (χ4v) is 3.14. The van der Waals surface area contributed by atoms with E-state index in [1.165, 1.54) is 14.2 Å². The summed E-state index contributed by atoms with van der Waals surface area (Å²) in [5.41, 5.74) is 14.7. The minimum Gasteiger partial charge on any atom is -0.505 e. The van der Waals surface area contributed by atoms with Gasteiger partial charge in [-0.25, -0.2) is 0 Å². The van der Waals surface area contributed by atoms with Gasteiger partial charge in [0.25, 0.3) is 0 Å². The lowest BCUT2D eigenvalue weighted by Crippen LogP contribution is -2.22. The molecule has 0 atom stereocenters. The van der Waals surface area contributed by atoms with Gasteiger partial charge in [-0.05, 0) is 37.1 Å². The van der Waals surface area contributed by atoms with Crippen LogP contribution in [0.2, 0.25) is 0 Å². The summed E-state index contributed by atoms with van der Waals surface area (Å²) in [7, 11) is 3.02. The summed E-state index contributed by atoms with van der Waals surface area (Å²) in [4.78, 5) is 0. The lowest BCUT2D eigenvalue weighted by Gasteiger charge is -2.31. The van der Waals surface area contributed by atoms with Gasteiger partial charge in [-0.15, -0.1) is 0 Å². The molecule has 0 fully saturated rings.